The number of hydrogen-bond acceptors (Lipinski definition) is 3. The Labute approximate surface area is 114 Å². The van der Waals surface area contributed by atoms with Crippen LogP contribution in [0.1, 0.15) is 25.3 Å². The van der Waals surface area contributed by atoms with E-state index in [9.17, 15) is 4.79 Å². The highest BCUT2D eigenvalue weighted by Gasteiger charge is 2.26. The Hall–Kier alpha value is -1.55. The van der Waals surface area contributed by atoms with Gasteiger partial charge in [0.2, 0.25) is 0 Å². The first-order chi connectivity index (χ1) is 9.06. The van der Waals surface area contributed by atoms with Crippen molar-refractivity contribution in [1.29, 1.82) is 0 Å². The van der Waals surface area contributed by atoms with Crippen molar-refractivity contribution in [3.8, 4) is 5.75 Å². The molecule has 2 atom stereocenters. The predicted molar refractivity (Wildman–Crippen MR) is 75.1 cm³/mol. The summed E-state index contributed by atoms with van der Waals surface area (Å²) < 4.78 is 5.71. The molecule has 1 saturated heterocycles. The fourth-order valence-electron chi connectivity index (χ4n) is 2.41. The smallest absolute Gasteiger partial charge is 0.263 e. The van der Waals surface area contributed by atoms with Gasteiger partial charge in [-0.3, -0.25) is 4.79 Å². The van der Waals surface area contributed by atoms with Gasteiger partial charge in [0.15, 0.2) is 6.10 Å². The van der Waals surface area contributed by atoms with Crippen molar-refractivity contribution < 1.29 is 9.53 Å². The Bertz CT molecular complexity index is 448. The van der Waals surface area contributed by atoms with Crippen LogP contribution in [0.3, 0.4) is 0 Å². The zero-order chi connectivity index (χ0) is 13.8. The summed E-state index contributed by atoms with van der Waals surface area (Å²) in [7, 11) is 0. The maximum absolute atomic E-state index is 12.3. The van der Waals surface area contributed by atoms with E-state index in [1.54, 1.807) is 6.92 Å². The zero-order valence-electron chi connectivity index (χ0n) is 11.6. The lowest BCUT2D eigenvalue weighted by Crippen LogP contribution is -2.49. The van der Waals surface area contributed by atoms with Crippen LogP contribution in [0.4, 0.5) is 0 Å². The van der Waals surface area contributed by atoms with Gasteiger partial charge in [-0.15, -0.1) is 0 Å². The molecule has 4 nitrogen and oxygen atoms in total. The van der Waals surface area contributed by atoms with Crippen LogP contribution in [0, 0.1) is 6.92 Å². The van der Waals surface area contributed by atoms with E-state index in [4.69, 9.17) is 10.5 Å². The molecule has 1 aliphatic rings. The van der Waals surface area contributed by atoms with Crippen LogP contribution in [0.25, 0.3) is 0 Å². The number of amides is 1. The van der Waals surface area contributed by atoms with Crippen molar-refractivity contribution in [1.82, 2.24) is 4.90 Å². The molecule has 1 heterocycles. The topological polar surface area (TPSA) is 55.6 Å². The second-order valence-electron chi connectivity index (χ2n) is 5.26. The van der Waals surface area contributed by atoms with Crippen LogP contribution in [0.15, 0.2) is 24.3 Å². The van der Waals surface area contributed by atoms with Crippen molar-refractivity contribution in [2.45, 2.75) is 38.8 Å². The number of likely N-dealkylation sites (tertiary alicyclic amines) is 1. The van der Waals surface area contributed by atoms with Gasteiger partial charge in [-0.05, 0) is 44.4 Å². The number of nitrogens with two attached hydrogens (primary N) is 1. The molecule has 1 fully saturated rings. The number of carbonyl (C=O) groups is 1. The number of hydrogen-bond donors (Lipinski definition) is 1. The number of rotatable bonds is 3. The third kappa shape index (κ3) is 3.70. The van der Waals surface area contributed by atoms with Crippen LogP contribution in [0.2, 0.25) is 0 Å². The SMILES string of the molecule is Cc1cccc(O[C@H](C)C(=O)N2CCC[C@H](N)C2)c1. The van der Waals surface area contributed by atoms with Crippen molar-refractivity contribution in [3.05, 3.63) is 29.8 Å². The van der Waals surface area contributed by atoms with Crippen molar-refractivity contribution in [2.75, 3.05) is 13.1 Å². The number of benzene rings is 1. The average molecular weight is 262 g/mol. The summed E-state index contributed by atoms with van der Waals surface area (Å²) >= 11 is 0. The van der Waals surface area contributed by atoms with E-state index in [-0.39, 0.29) is 11.9 Å². The highest BCUT2D eigenvalue weighted by atomic mass is 16.5. The quantitative estimate of drug-likeness (QED) is 0.902. The van der Waals surface area contributed by atoms with Gasteiger partial charge in [-0.25, -0.2) is 0 Å². The highest BCUT2D eigenvalue weighted by molar-refractivity contribution is 5.81. The lowest BCUT2D eigenvalue weighted by Gasteiger charge is -2.32. The lowest BCUT2D eigenvalue weighted by molar-refractivity contribution is -0.139. The monoisotopic (exact) mass is 262 g/mol. The molecule has 0 radical (unpaired) electrons. The summed E-state index contributed by atoms with van der Waals surface area (Å²) in [6.45, 7) is 5.22. The van der Waals surface area contributed by atoms with Gasteiger partial charge in [0.1, 0.15) is 5.75 Å². The molecule has 1 aromatic rings. The first-order valence-electron chi connectivity index (χ1n) is 6.84. The summed E-state index contributed by atoms with van der Waals surface area (Å²) in [4.78, 5) is 14.1. The van der Waals surface area contributed by atoms with E-state index in [1.165, 1.54) is 0 Å². The second-order valence-corrected chi connectivity index (χ2v) is 5.26. The highest BCUT2D eigenvalue weighted by Crippen LogP contribution is 2.16. The maximum Gasteiger partial charge on any atom is 0.263 e. The Kier molecular flexibility index (Phi) is 4.43. The van der Waals surface area contributed by atoms with Crippen LogP contribution < -0.4 is 10.5 Å². The molecule has 1 amide bonds. The van der Waals surface area contributed by atoms with Gasteiger partial charge in [-0.2, -0.15) is 0 Å². The Morgan fingerprint density at radius 1 is 1.53 bits per heavy atom. The summed E-state index contributed by atoms with van der Waals surface area (Å²) in [5, 5.41) is 0. The summed E-state index contributed by atoms with van der Waals surface area (Å²) in [6, 6.07) is 7.84. The molecule has 19 heavy (non-hydrogen) atoms. The van der Waals surface area contributed by atoms with E-state index in [2.05, 4.69) is 0 Å². The molecule has 0 saturated carbocycles. The molecule has 0 unspecified atom stereocenters. The molecular formula is C15H22N2O2. The Morgan fingerprint density at radius 3 is 3.00 bits per heavy atom. The van der Waals surface area contributed by atoms with Crippen LogP contribution in [-0.2, 0) is 4.79 Å². The summed E-state index contributed by atoms with van der Waals surface area (Å²) in [6.07, 6.45) is 1.51. The number of piperidine rings is 1. The maximum atomic E-state index is 12.3. The first kappa shape index (κ1) is 13.9. The number of aryl methyl sites for hydroxylation is 1. The fraction of sp³-hybridized carbons (Fsp3) is 0.533. The summed E-state index contributed by atoms with van der Waals surface area (Å²) in [5.41, 5.74) is 7.02. The number of nitrogens with zero attached hydrogens (tertiary/aromatic N) is 1. The average Bonchev–Trinajstić information content (AvgIpc) is 2.38. The van der Waals surface area contributed by atoms with Gasteiger partial charge in [0.05, 0.1) is 0 Å². The van der Waals surface area contributed by atoms with Gasteiger partial charge in [0.25, 0.3) is 5.91 Å². The second kappa shape index (κ2) is 6.06. The third-order valence-electron chi connectivity index (χ3n) is 3.42. The lowest BCUT2D eigenvalue weighted by atomic mass is 10.1. The molecule has 0 bridgehead atoms. The molecule has 0 aromatic heterocycles. The minimum atomic E-state index is -0.466. The molecule has 2 rings (SSSR count). The minimum Gasteiger partial charge on any atom is -0.481 e. The Morgan fingerprint density at radius 2 is 2.32 bits per heavy atom. The molecular weight excluding hydrogens is 240 g/mol. The third-order valence-corrected chi connectivity index (χ3v) is 3.42. The first-order valence-corrected chi connectivity index (χ1v) is 6.84. The van der Waals surface area contributed by atoms with Gasteiger partial charge in [-0.1, -0.05) is 12.1 Å². The van der Waals surface area contributed by atoms with E-state index in [0.29, 0.717) is 6.54 Å². The largest absolute Gasteiger partial charge is 0.481 e. The molecule has 2 N–H and O–H groups in total. The van der Waals surface area contributed by atoms with Crippen molar-refractivity contribution in [3.63, 3.8) is 0 Å². The minimum absolute atomic E-state index is 0.0247. The van der Waals surface area contributed by atoms with Crippen LogP contribution in [-0.4, -0.2) is 36.0 Å². The molecule has 0 spiro atoms. The standard InChI is InChI=1S/C15H22N2O2/c1-11-5-3-7-14(9-11)19-12(2)15(18)17-8-4-6-13(16)10-17/h3,5,7,9,12-13H,4,6,8,10,16H2,1-2H3/t12-,13+/m1/s1. The van der Waals surface area contributed by atoms with Crippen molar-refractivity contribution in [2.24, 2.45) is 5.73 Å². The van der Waals surface area contributed by atoms with Gasteiger partial charge >= 0.3 is 0 Å². The zero-order valence-corrected chi connectivity index (χ0v) is 11.6. The molecule has 1 aliphatic heterocycles. The van der Waals surface area contributed by atoms with Crippen LogP contribution >= 0.6 is 0 Å². The Balaban J connectivity index is 1.95. The van der Waals surface area contributed by atoms with E-state index >= 15 is 0 Å². The van der Waals surface area contributed by atoms with Gasteiger partial charge < -0.3 is 15.4 Å². The van der Waals surface area contributed by atoms with E-state index in [0.717, 1.165) is 30.7 Å². The van der Waals surface area contributed by atoms with E-state index < -0.39 is 6.10 Å². The van der Waals surface area contributed by atoms with Crippen LogP contribution in [0.5, 0.6) is 5.75 Å². The number of ether oxygens (including phenoxy) is 1. The molecule has 1 aromatic carbocycles. The van der Waals surface area contributed by atoms with E-state index in [1.807, 2.05) is 36.1 Å². The van der Waals surface area contributed by atoms with Gasteiger partial charge in [0, 0.05) is 19.1 Å². The fourth-order valence-corrected chi connectivity index (χ4v) is 2.41. The predicted octanol–water partition coefficient (Wildman–Crippen LogP) is 1.71. The van der Waals surface area contributed by atoms with Crippen molar-refractivity contribution >= 4 is 5.91 Å². The molecule has 4 heteroatoms. The molecule has 0 aliphatic carbocycles. The normalized spacial score (nSPS) is 21.0. The molecule has 104 valence electrons. The summed E-state index contributed by atoms with van der Waals surface area (Å²) in [5.74, 6) is 0.763. The number of carbonyl (C=O) groups excluding carboxylic acids is 1.